The molecule has 126 valence electrons. The lowest BCUT2D eigenvalue weighted by Gasteiger charge is -2.21. The van der Waals surface area contributed by atoms with Gasteiger partial charge in [0.15, 0.2) is 5.78 Å². The van der Waals surface area contributed by atoms with E-state index in [-0.39, 0.29) is 23.3 Å². The van der Waals surface area contributed by atoms with Gasteiger partial charge in [-0.25, -0.2) is 9.97 Å². The number of alkyl halides is 3. The van der Waals surface area contributed by atoms with E-state index in [1.165, 1.54) is 12.1 Å². The van der Waals surface area contributed by atoms with Crippen LogP contribution in [0.4, 0.5) is 24.8 Å². The van der Waals surface area contributed by atoms with Crippen molar-refractivity contribution in [2.75, 3.05) is 5.32 Å². The minimum absolute atomic E-state index is 0.0202. The first-order valence-electron chi connectivity index (χ1n) is 7.59. The highest BCUT2D eigenvalue weighted by Gasteiger charge is 2.30. The van der Waals surface area contributed by atoms with Gasteiger partial charge in [0.25, 0.3) is 0 Å². The van der Waals surface area contributed by atoms with Gasteiger partial charge in [-0.3, -0.25) is 4.79 Å². The number of carbonyl (C=O) groups is 1. The number of hydrogen-bond donors (Lipinski definition) is 1. The van der Waals surface area contributed by atoms with E-state index >= 15 is 0 Å². The average molecular weight is 335 g/mol. The first-order valence-corrected chi connectivity index (χ1v) is 7.59. The molecule has 4 nitrogen and oxygen atoms in total. The van der Waals surface area contributed by atoms with Crippen molar-refractivity contribution in [3.05, 3.63) is 46.8 Å². The Balaban J connectivity index is 1.93. The zero-order chi connectivity index (χ0) is 17.5. The van der Waals surface area contributed by atoms with E-state index in [9.17, 15) is 18.0 Å². The molecule has 0 saturated heterocycles. The quantitative estimate of drug-likeness (QED) is 0.888. The first kappa shape index (κ1) is 16.4. The average Bonchev–Trinajstić information content (AvgIpc) is 2.45. The Morgan fingerprint density at radius 2 is 1.96 bits per heavy atom. The molecule has 0 spiro atoms. The van der Waals surface area contributed by atoms with E-state index in [0.29, 0.717) is 29.8 Å². The van der Waals surface area contributed by atoms with Gasteiger partial charge in [0, 0.05) is 12.1 Å². The van der Waals surface area contributed by atoms with Crippen LogP contribution in [-0.4, -0.2) is 15.8 Å². The number of ketones is 1. The Labute approximate surface area is 137 Å². The molecule has 1 aliphatic rings. The van der Waals surface area contributed by atoms with Crippen molar-refractivity contribution >= 4 is 17.4 Å². The van der Waals surface area contributed by atoms with E-state index < -0.39 is 11.7 Å². The number of aryl methyl sites for hydroxylation is 1. The molecule has 3 rings (SSSR count). The molecule has 2 aromatic rings. The Kier molecular flexibility index (Phi) is 4.03. The summed E-state index contributed by atoms with van der Waals surface area (Å²) in [5.41, 5.74) is 1.25. The van der Waals surface area contributed by atoms with Gasteiger partial charge in [-0.2, -0.15) is 13.2 Å². The molecule has 0 fully saturated rings. The normalized spacial score (nSPS) is 17.5. The van der Waals surface area contributed by atoms with Gasteiger partial charge >= 0.3 is 6.18 Å². The molecule has 1 aromatic heterocycles. The topological polar surface area (TPSA) is 54.9 Å². The van der Waals surface area contributed by atoms with E-state index in [4.69, 9.17) is 0 Å². The maximum atomic E-state index is 12.8. The third-order valence-corrected chi connectivity index (χ3v) is 3.97. The summed E-state index contributed by atoms with van der Waals surface area (Å²) in [5, 5.41) is 2.80. The van der Waals surface area contributed by atoms with Crippen LogP contribution in [0.5, 0.6) is 0 Å². The van der Waals surface area contributed by atoms with E-state index in [1.807, 2.05) is 6.92 Å². The van der Waals surface area contributed by atoms with Gasteiger partial charge in [0.05, 0.1) is 22.5 Å². The molecule has 0 unspecified atom stereocenters. The maximum absolute atomic E-state index is 12.8. The second kappa shape index (κ2) is 5.89. The summed E-state index contributed by atoms with van der Waals surface area (Å²) in [5.74, 6) is 0.417. The van der Waals surface area contributed by atoms with Gasteiger partial charge in [0.1, 0.15) is 0 Å². The van der Waals surface area contributed by atoms with Crippen LogP contribution >= 0.6 is 0 Å². The molecule has 24 heavy (non-hydrogen) atoms. The third kappa shape index (κ3) is 3.25. The summed E-state index contributed by atoms with van der Waals surface area (Å²) in [4.78, 5) is 20.7. The van der Waals surface area contributed by atoms with Crippen molar-refractivity contribution in [1.29, 1.82) is 0 Å². The minimum Gasteiger partial charge on any atom is -0.324 e. The number of benzene rings is 1. The number of rotatable bonds is 2. The number of Topliss-reactive ketones (excluding diaryl/α,β-unsaturated/α-hetero) is 1. The highest BCUT2D eigenvalue weighted by Crippen LogP contribution is 2.32. The monoisotopic (exact) mass is 335 g/mol. The Morgan fingerprint density at radius 1 is 1.21 bits per heavy atom. The van der Waals surface area contributed by atoms with Crippen molar-refractivity contribution in [3.8, 4) is 0 Å². The molecule has 0 amide bonds. The van der Waals surface area contributed by atoms with E-state index in [1.54, 1.807) is 6.92 Å². The molecule has 1 aromatic carbocycles. The molecule has 1 heterocycles. The number of nitrogens with one attached hydrogen (secondary N) is 1. The van der Waals surface area contributed by atoms with Crippen molar-refractivity contribution < 1.29 is 18.0 Å². The Morgan fingerprint density at radius 3 is 2.67 bits per heavy atom. The molecule has 1 N–H and O–H groups in total. The fraction of sp³-hybridized carbons (Fsp3) is 0.353. The van der Waals surface area contributed by atoms with Gasteiger partial charge < -0.3 is 5.32 Å². The lowest BCUT2D eigenvalue weighted by molar-refractivity contribution is -0.137. The number of fused-ring (bicyclic) bond motifs is 1. The summed E-state index contributed by atoms with van der Waals surface area (Å²) in [6, 6.07) is 4.85. The van der Waals surface area contributed by atoms with Crippen LogP contribution in [0.2, 0.25) is 0 Å². The summed E-state index contributed by atoms with van der Waals surface area (Å²) in [6.45, 7) is 3.68. The van der Waals surface area contributed by atoms with Gasteiger partial charge in [-0.1, -0.05) is 13.0 Å². The van der Waals surface area contributed by atoms with Crippen LogP contribution in [0.15, 0.2) is 24.3 Å². The summed E-state index contributed by atoms with van der Waals surface area (Å²) >= 11 is 0. The molecule has 1 atom stereocenters. The SMILES string of the molecule is Cc1nc(Nc2cccc(C(F)(F)F)c2)nc2c1C(=O)C[C@H](C)C2. The third-order valence-electron chi connectivity index (χ3n) is 3.97. The smallest absolute Gasteiger partial charge is 0.324 e. The van der Waals surface area contributed by atoms with E-state index in [0.717, 1.165) is 12.1 Å². The first-order chi connectivity index (χ1) is 11.2. The lowest BCUT2D eigenvalue weighted by atomic mass is 9.86. The fourth-order valence-electron chi connectivity index (χ4n) is 2.92. The molecule has 0 aliphatic heterocycles. The maximum Gasteiger partial charge on any atom is 0.416 e. The largest absolute Gasteiger partial charge is 0.416 e. The second-order valence-corrected chi connectivity index (χ2v) is 6.09. The van der Waals surface area contributed by atoms with Gasteiger partial charge in [-0.15, -0.1) is 0 Å². The van der Waals surface area contributed by atoms with Gasteiger partial charge in [-0.05, 0) is 37.5 Å². The second-order valence-electron chi connectivity index (χ2n) is 6.09. The van der Waals surface area contributed by atoms with Gasteiger partial charge in [0.2, 0.25) is 5.95 Å². The number of nitrogens with zero attached hydrogens (tertiary/aromatic N) is 2. The van der Waals surface area contributed by atoms with Crippen LogP contribution in [0.25, 0.3) is 0 Å². The van der Waals surface area contributed by atoms with Crippen LogP contribution in [0.1, 0.15) is 40.7 Å². The predicted molar refractivity (Wildman–Crippen MR) is 83.3 cm³/mol. The molecule has 0 bridgehead atoms. The highest BCUT2D eigenvalue weighted by molar-refractivity contribution is 5.99. The molecule has 0 saturated carbocycles. The lowest BCUT2D eigenvalue weighted by Crippen LogP contribution is -2.22. The number of hydrogen-bond acceptors (Lipinski definition) is 4. The fourth-order valence-corrected chi connectivity index (χ4v) is 2.92. The molecule has 0 radical (unpaired) electrons. The van der Waals surface area contributed by atoms with Crippen LogP contribution in [0.3, 0.4) is 0 Å². The highest BCUT2D eigenvalue weighted by atomic mass is 19.4. The van der Waals surface area contributed by atoms with E-state index in [2.05, 4.69) is 15.3 Å². The van der Waals surface area contributed by atoms with Crippen molar-refractivity contribution in [2.24, 2.45) is 5.92 Å². The number of anilines is 2. The molecular weight excluding hydrogens is 319 g/mol. The standard InChI is InChI=1S/C17H16F3N3O/c1-9-6-13-15(14(24)7-9)10(2)21-16(23-13)22-12-5-3-4-11(8-12)17(18,19)20/h3-5,8-9H,6-7H2,1-2H3,(H,21,22,23)/t9-/m1/s1. The van der Waals surface area contributed by atoms with Crippen molar-refractivity contribution in [3.63, 3.8) is 0 Å². The summed E-state index contributed by atoms with van der Waals surface area (Å²) < 4.78 is 38.4. The zero-order valence-corrected chi connectivity index (χ0v) is 13.2. The zero-order valence-electron chi connectivity index (χ0n) is 13.2. The summed E-state index contributed by atoms with van der Waals surface area (Å²) in [7, 11) is 0. The predicted octanol–water partition coefficient (Wildman–Crippen LogP) is 4.31. The van der Waals surface area contributed by atoms with Crippen LogP contribution in [0, 0.1) is 12.8 Å². The molecular formula is C17H16F3N3O. The minimum atomic E-state index is -4.41. The van der Waals surface area contributed by atoms with Crippen molar-refractivity contribution in [2.45, 2.75) is 32.9 Å². The molecule has 1 aliphatic carbocycles. The van der Waals surface area contributed by atoms with Crippen LogP contribution < -0.4 is 5.32 Å². The number of carbonyl (C=O) groups excluding carboxylic acids is 1. The Hall–Kier alpha value is -2.44. The van der Waals surface area contributed by atoms with Crippen molar-refractivity contribution in [1.82, 2.24) is 9.97 Å². The number of halogens is 3. The Bertz CT molecular complexity index is 802. The summed E-state index contributed by atoms with van der Waals surface area (Å²) in [6.07, 6.45) is -3.29. The molecule has 7 heteroatoms. The van der Waals surface area contributed by atoms with Crippen LogP contribution in [-0.2, 0) is 12.6 Å². The number of aromatic nitrogens is 2.